The lowest BCUT2D eigenvalue weighted by Gasteiger charge is -2.12. The molecule has 0 fully saturated rings. The molecule has 1 aliphatic rings. The first-order chi connectivity index (χ1) is 14.0. The smallest absolute Gasteiger partial charge is 0.350 e. The van der Waals surface area contributed by atoms with E-state index in [1.807, 2.05) is 37.3 Å². The highest BCUT2D eigenvalue weighted by molar-refractivity contribution is 5.73. The third-order valence-corrected chi connectivity index (χ3v) is 4.84. The van der Waals surface area contributed by atoms with Crippen LogP contribution >= 0.6 is 0 Å². The van der Waals surface area contributed by atoms with Crippen LogP contribution in [0.4, 0.5) is 8.78 Å². The molecule has 29 heavy (non-hydrogen) atoms. The average molecular weight is 400 g/mol. The lowest BCUT2D eigenvalue weighted by atomic mass is 9.98. The molecule has 2 heterocycles. The van der Waals surface area contributed by atoms with Crippen LogP contribution in [0.15, 0.2) is 59.2 Å². The zero-order valence-corrected chi connectivity index (χ0v) is 15.6. The largest absolute Gasteiger partial charge is 0.454 e. The molecule has 0 saturated carbocycles. The molecule has 0 radical (unpaired) electrons. The van der Waals surface area contributed by atoms with E-state index in [-0.39, 0.29) is 25.5 Å². The predicted octanol–water partition coefficient (Wildman–Crippen LogP) is 2.85. The van der Waals surface area contributed by atoms with Crippen molar-refractivity contribution in [2.45, 2.75) is 13.5 Å². The summed E-state index contributed by atoms with van der Waals surface area (Å²) in [6, 6.07) is 11.1. The molecule has 2 N–H and O–H groups in total. The minimum absolute atomic E-state index is 0.186. The number of ether oxygens (including phenoxy) is 2. The van der Waals surface area contributed by atoms with Crippen LogP contribution in [0.1, 0.15) is 5.56 Å². The van der Waals surface area contributed by atoms with Crippen LogP contribution in [0.2, 0.25) is 0 Å². The Labute approximate surface area is 164 Å². The summed E-state index contributed by atoms with van der Waals surface area (Å²) in [5, 5.41) is 3.96. The summed E-state index contributed by atoms with van der Waals surface area (Å²) in [4.78, 5) is 12.7. The lowest BCUT2D eigenvalue weighted by molar-refractivity contribution is 0.174. The third kappa shape index (κ3) is 3.40. The van der Waals surface area contributed by atoms with E-state index in [1.54, 1.807) is 6.07 Å². The van der Waals surface area contributed by atoms with Crippen LogP contribution in [0.3, 0.4) is 0 Å². The number of halogens is 2. The first-order valence-corrected chi connectivity index (χ1v) is 8.87. The minimum atomic E-state index is -1.89. The van der Waals surface area contributed by atoms with Gasteiger partial charge in [0.15, 0.2) is 11.5 Å². The van der Waals surface area contributed by atoms with Gasteiger partial charge in [0.1, 0.15) is 6.33 Å². The Bertz CT molecular complexity index is 1160. The lowest BCUT2D eigenvalue weighted by Crippen LogP contribution is -2.26. The highest BCUT2D eigenvalue weighted by Crippen LogP contribution is 2.37. The summed E-state index contributed by atoms with van der Waals surface area (Å²) in [6.07, 6.45) is -0.576. The Hall–Kier alpha value is -3.46. The number of benzene rings is 2. The first kappa shape index (κ1) is 18.9. The van der Waals surface area contributed by atoms with Gasteiger partial charge in [-0.2, -0.15) is 13.9 Å². The molecule has 3 aromatic rings. The summed E-state index contributed by atoms with van der Waals surface area (Å²) in [6.45, 7) is 1.36. The van der Waals surface area contributed by atoms with E-state index in [9.17, 15) is 13.6 Å². The second-order valence-electron chi connectivity index (χ2n) is 6.53. The quantitative estimate of drug-likeness (QED) is 0.712. The normalized spacial score (nSPS) is 12.3. The molecular formula is C20H18F2N4O3. The number of hydrogen-bond acceptors (Lipinski definition) is 5. The van der Waals surface area contributed by atoms with Crippen LogP contribution in [-0.2, 0) is 6.54 Å². The second-order valence-corrected chi connectivity index (χ2v) is 6.53. The molecule has 9 heteroatoms. The Kier molecular flexibility index (Phi) is 4.89. The van der Waals surface area contributed by atoms with Crippen molar-refractivity contribution < 1.29 is 18.3 Å². The Morgan fingerprint density at radius 3 is 2.76 bits per heavy atom. The molecule has 0 bridgehead atoms. The van der Waals surface area contributed by atoms with Gasteiger partial charge in [0.05, 0.1) is 12.2 Å². The number of rotatable bonds is 5. The maximum Gasteiger partial charge on any atom is 0.350 e. The van der Waals surface area contributed by atoms with E-state index in [0.29, 0.717) is 17.2 Å². The van der Waals surface area contributed by atoms with Crippen molar-refractivity contribution in [1.82, 2.24) is 14.3 Å². The first-order valence-electron chi connectivity index (χ1n) is 8.87. The van der Waals surface area contributed by atoms with Gasteiger partial charge >= 0.3 is 5.69 Å². The van der Waals surface area contributed by atoms with Gasteiger partial charge in [0.2, 0.25) is 6.79 Å². The van der Waals surface area contributed by atoms with Crippen molar-refractivity contribution in [3.8, 4) is 28.3 Å². The third-order valence-electron chi connectivity index (χ3n) is 4.84. The van der Waals surface area contributed by atoms with Crippen LogP contribution in [0, 0.1) is 6.92 Å². The maximum atomic E-state index is 12.9. The van der Waals surface area contributed by atoms with E-state index >= 15 is 0 Å². The van der Waals surface area contributed by atoms with Gasteiger partial charge < -0.3 is 15.2 Å². The highest BCUT2D eigenvalue weighted by atomic mass is 19.3. The predicted molar refractivity (Wildman–Crippen MR) is 102 cm³/mol. The minimum Gasteiger partial charge on any atom is -0.454 e. The molecule has 0 aliphatic carbocycles. The van der Waals surface area contributed by atoms with E-state index in [1.165, 1.54) is 10.9 Å². The fourth-order valence-corrected chi connectivity index (χ4v) is 3.25. The summed E-state index contributed by atoms with van der Waals surface area (Å²) in [5.41, 5.74) is 7.72. The molecule has 4 rings (SSSR count). The standard InChI is InChI=1S/C20H18F2N4O3/c1-12-15(13-5-6-17-18(7-13)29-11-28-17)3-2-4-16(12)25-10-24-26(20(25)27)9-14(8-23)19(21)22/h2-7,10H,8-9,11,23H2,1H3. The Balaban J connectivity index is 1.73. The summed E-state index contributed by atoms with van der Waals surface area (Å²) in [5.74, 6) is 1.34. The molecular weight excluding hydrogens is 382 g/mol. The van der Waals surface area contributed by atoms with Crippen LogP contribution in [0.25, 0.3) is 16.8 Å². The van der Waals surface area contributed by atoms with Crippen LogP contribution in [0.5, 0.6) is 11.5 Å². The molecule has 0 amide bonds. The second kappa shape index (κ2) is 7.51. The van der Waals surface area contributed by atoms with Gasteiger partial charge in [-0.05, 0) is 41.8 Å². The van der Waals surface area contributed by atoms with Gasteiger partial charge in [-0.25, -0.2) is 14.0 Å². The maximum absolute atomic E-state index is 12.9. The number of nitrogens with two attached hydrogens (primary N) is 1. The van der Waals surface area contributed by atoms with Crippen molar-refractivity contribution in [3.63, 3.8) is 0 Å². The zero-order valence-electron chi connectivity index (χ0n) is 15.6. The number of nitrogens with zero attached hydrogens (tertiary/aromatic N) is 3. The molecule has 0 saturated heterocycles. The summed E-state index contributed by atoms with van der Waals surface area (Å²) < 4.78 is 38.8. The van der Waals surface area contributed by atoms with Crippen molar-refractivity contribution >= 4 is 0 Å². The molecule has 0 spiro atoms. The van der Waals surface area contributed by atoms with E-state index in [2.05, 4.69) is 5.10 Å². The molecule has 150 valence electrons. The Morgan fingerprint density at radius 1 is 1.21 bits per heavy atom. The van der Waals surface area contributed by atoms with Crippen LogP contribution < -0.4 is 20.9 Å². The SMILES string of the molecule is Cc1c(-c2ccc3c(c2)OCO3)cccc1-n1cnn(CC(CN)=C(F)F)c1=O. The fraction of sp³-hybridized carbons (Fsp3) is 0.200. The topological polar surface area (TPSA) is 84.3 Å². The van der Waals surface area contributed by atoms with E-state index in [0.717, 1.165) is 21.4 Å². The van der Waals surface area contributed by atoms with Gasteiger partial charge in [0, 0.05) is 12.1 Å². The Morgan fingerprint density at radius 2 is 2.00 bits per heavy atom. The van der Waals surface area contributed by atoms with Gasteiger partial charge in [-0.15, -0.1) is 0 Å². The fourth-order valence-electron chi connectivity index (χ4n) is 3.25. The number of fused-ring (bicyclic) bond motifs is 1. The molecule has 1 aliphatic heterocycles. The summed E-state index contributed by atoms with van der Waals surface area (Å²) in [7, 11) is 0. The van der Waals surface area contributed by atoms with Gasteiger partial charge in [-0.3, -0.25) is 0 Å². The van der Waals surface area contributed by atoms with E-state index in [4.69, 9.17) is 15.2 Å². The van der Waals surface area contributed by atoms with Gasteiger partial charge in [-0.1, -0.05) is 18.2 Å². The van der Waals surface area contributed by atoms with E-state index < -0.39 is 11.8 Å². The molecule has 2 aromatic carbocycles. The summed E-state index contributed by atoms with van der Waals surface area (Å²) >= 11 is 0. The molecule has 1 aromatic heterocycles. The number of aromatic nitrogens is 3. The van der Waals surface area contributed by atoms with Crippen molar-refractivity contribution in [2.24, 2.45) is 5.73 Å². The van der Waals surface area contributed by atoms with Crippen molar-refractivity contribution in [3.05, 3.63) is 70.4 Å². The molecule has 7 nitrogen and oxygen atoms in total. The van der Waals surface area contributed by atoms with Crippen LogP contribution in [-0.4, -0.2) is 27.7 Å². The zero-order chi connectivity index (χ0) is 20.5. The molecule has 0 unspecified atom stereocenters. The highest BCUT2D eigenvalue weighted by Gasteiger charge is 2.17. The van der Waals surface area contributed by atoms with Gasteiger partial charge in [0.25, 0.3) is 6.08 Å². The van der Waals surface area contributed by atoms with Crippen molar-refractivity contribution in [1.29, 1.82) is 0 Å². The molecule has 0 atom stereocenters. The monoisotopic (exact) mass is 400 g/mol. The van der Waals surface area contributed by atoms with Crippen molar-refractivity contribution in [2.75, 3.05) is 13.3 Å². The number of hydrogen-bond donors (Lipinski definition) is 1. The average Bonchev–Trinajstić information content (AvgIpc) is 3.32.